The van der Waals surface area contributed by atoms with Crippen LogP contribution in [0.2, 0.25) is 0 Å². The molecule has 49 heavy (non-hydrogen) atoms. The van der Waals surface area contributed by atoms with Crippen molar-refractivity contribution >= 4 is 23.4 Å². The van der Waals surface area contributed by atoms with E-state index in [-0.39, 0.29) is 35.3 Å². The smallest absolute Gasteiger partial charge is 0.409 e. The Morgan fingerprint density at radius 2 is 1.80 bits per heavy atom. The van der Waals surface area contributed by atoms with E-state index in [1.165, 1.54) is 12.7 Å². The molecule has 1 fully saturated rings. The number of carbonyl (C=O) groups is 1. The molecule has 4 aromatic rings. The normalized spacial score (nSPS) is 20.6. The zero-order valence-electron chi connectivity index (χ0n) is 29.4. The van der Waals surface area contributed by atoms with E-state index in [0.29, 0.717) is 30.5 Å². The van der Waals surface area contributed by atoms with Gasteiger partial charge in [0.05, 0.1) is 31.6 Å². The standard InChI is InChI=1S/C38H48N6O4S/c1-25-9-7-10-26(2)35(25)33-20-34-41-36(40-33)42-49(46)31-12-8-11-27(19-31)13-14-32(28(24-48-34)21-38(3,4)5)29-22-39-44(23-29)30-15-17-43(18-16-30)37(45)47-6/h7-12,19-20,22-23,28,30,32H,13-18,21,24H2,1-6H3,(H,40,41,42)/t28-,32?,49?/m1/s1. The predicted octanol–water partition coefficient (Wildman–Crippen LogP) is 7.66. The number of likely N-dealkylation sites (tertiary alicyclic amines) is 1. The fourth-order valence-electron chi connectivity index (χ4n) is 7.33. The van der Waals surface area contributed by atoms with Crippen molar-refractivity contribution in [1.29, 1.82) is 0 Å². The van der Waals surface area contributed by atoms with E-state index in [4.69, 9.17) is 24.5 Å². The van der Waals surface area contributed by atoms with Crippen molar-refractivity contribution in [1.82, 2.24) is 24.6 Å². The lowest BCUT2D eigenvalue weighted by Gasteiger charge is -2.32. The average molecular weight is 685 g/mol. The SMILES string of the molecule is COC(=O)N1CCC(n2cc(C3CCc4cccc(c4)[S+]([O-])Nc4nc(cc(-c5c(C)cccc5C)n4)OC[C@H]3CC(C)(C)C)cn2)CC1. The second kappa shape index (κ2) is 14.8. The number of amides is 1. The molecule has 2 aromatic carbocycles. The van der Waals surface area contributed by atoms with Crippen LogP contribution in [0, 0.1) is 25.2 Å². The van der Waals surface area contributed by atoms with Gasteiger partial charge in [-0.3, -0.25) is 4.68 Å². The fourth-order valence-corrected chi connectivity index (χ4v) is 8.16. The zero-order valence-corrected chi connectivity index (χ0v) is 30.3. The summed E-state index contributed by atoms with van der Waals surface area (Å²) in [4.78, 5) is 24.1. The van der Waals surface area contributed by atoms with Gasteiger partial charge in [-0.15, -0.1) is 0 Å². The molecule has 0 spiro atoms. The number of nitrogens with one attached hydrogen (secondary N) is 1. The third-order valence-electron chi connectivity index (χ3n) is 9.69. The Balaban J connectivity index is 1.37. The Morgan fingerprint density at radius 3 is 2.51 bits per heavy atom. The number of anilines is 1. The Bertz CT molecular complexity index is 1740. The minimum absolute atomic E-state index is 0.0487. The Kier molecular flexibility index (Phi) is 10.5. The molecular formula is C38H48N6O4S. The summed E-state index contributed by atoms with van der Waals surface area (Å²) in [6.45, 7) is 12.7. The summed E-state index contributed by atoms with van der Waals surface area (Å²) in [5.74, 6) is 1.02. The maximum absolute atomic E-state index is 13.6. The highest BCUT2D eigenvalue weighted by Gasteiger charge is 2.32. The van der Waals surface area contributed by atoms with Crippen molar-refractivity contribution in [3.05, 3.63) is 83.2 Å². The topological polar surface area (TPSA) is 117 Å². The van der Waals surface area contributed by atoms with Crippen LogP contribution in [-0.4, -0.2) is 62.1 Å². The van der Waals surface area contributed by atoms with Gasteiger partial charge in [0, 0.05) is 36.8 Å². The largest absolute Gasteiger partial charge is 0.588 e. The lowest BCUT2D eigenvalue weighted by atomic mass is 9.75. The highest BCUT2D eigenvalue weighted by Crippen LogP contribution is 2.39. The number of piperidine rings is 1. The lowest BCUT2D eigenvalue weighted by molar-refractivity contribution is 0.105. The van der Waals surface area contributed by atoms with E-state index in [2.05, 4.69) is 68.4 Å². The molecule has 2 aromatic heterocycles. The highest BCUT2D eigenvalue weighted by atomic mass is 32.2. The molecule has 11 heteroatoms. The summed E-state index contributed by atoms with van der Waals surface area (Å²) in [6, 6.07) is 16.3. The van der Waals surface area contributed by atoms with Gasteiger partial charge in [0.25, 0.3) is 5.95 Å². The zero-order chi connectivity index (χ0) is 34.7. The first-order chi connectivity index (χ1) is 23.5. The molecule has 0 aliphatic carbocycles. The predicted molar refractivity (Wildman–Crippen MR) is 192 cm³/mol. The van der Waals surface area contributed by atoms with E-state index in [9.17, 15) is 9.35 Å². The number of carbonyl (C=O) groups excluding carboxylic acids is 1. The Labute approximate surface area is 292 Å². The molecule has 10 nitrogen and oxygen atoms in total. The van der Waals surface area contributed by atoms with Gasteiger partial charge >= 0.3 is 6.09 Å². The molecule has 1 amide bonds. The third kappa shape index (κ3) is 8.38. The second-order valence-corrected chi connectivity index (χ2v) is 15.8. The number of nitrogens with zero attached hydrogens (tertiary/aromatic N) is 5. The number of hydrogen-bond donors (Lipinski definition) is 1. The number of aryl methyl sites for hydroxylation is 3. The number of aromatic nitrogens is 4. The van der Waals surface area contributed by atoms with Crippen molar-refractivity contribution in [3.8, 4) is 17.1 Å². The average Bonchev–Trinajstić information content (AvgIpc) is 3.56. The molecule has 3 atom stereocenters. The molecule has 6 rings (SSSR count). The van der Waals surface area contributed by atoms with Crippen LogP contribution in [0.15, 0.2) is 65.8 Å². The van der Waals surface area contributed by atoms with Crippen LogP contribution in [0.25, 0.3) is 11.3 Å². The number of ether oxygens (including phenoxy) is 2. The second-order valence-electron chi connectivity index (χ2n) is 14.6. The van der Waals surface area contributed by atoms with Gasteiger partial charge < -0.3 is 18.9 Å². The molecule has 1 N–H and O–H groups in total. The van der Waals surface area contributed by atoms with Crippen LogP contribution < -0.4 is 9.46 Å². The monoisotopic (exact) mass is 684 g/mol. The number of methoxy groups -OCH3 is 1. The molecule has 0 radical (unpaired) electrons. The van der Waals surface area contributed by atoms with E-state index in [1.54, 1.807) is 4.90 Å². The van der Waals surface area contributed by atoms with E-state index < -0.39 is 11.4 Å². The summed E-state index contributed by atoms with van der Waals surface area (Å²) < 4.78 is 30.3. The van der Waals surface area contributed by atoms with Gasteiger partial charge in [-0.05, 0) is 91.7 Å². The van der Waals surface area contributed by atoms with Gasteiger partial charge in [-0.2, -0.15) is 14.8 Å². The molecule has 2 unspecified atom stereocenters. The molecule has 260 valence electrons. The molecular weight excluding hydrogens is 637 g/mol. The molecule has 4 bridgehead atoms. The summed E-state index contributed by atoms with van der Waals surface area (Å²) in [5.41, 5.74) is 6.28. The quantitative estimate of drug-likeness (QED) is 0.218. The van der Waals surface area contributed by atoms with E-state index >= 15 is 0 Å². The number of rotatable bonds is 4. The minimum Gasteiger partial charge on any atom is -0.588 e. The third-order valence-corrected chi connectivity index (χ3v) is 10.7. The van der Waals surface area contributed by atoms with E-state index in [1.807, 2.05) is 36.5 Å². The maximum Gasteiger partial charge on any atom is 0.409 e. The van der Waals surface area contributed by atoms with Gasteiger partial charge in [0.15, 0.2) is 4.90 Å². The van der Waals surface area contributed by atoms with Crippen LogP contribution in [0.1, 0.15) is 80.7 Å². The highest BCUT2D eigenvalue weighted by molar-refractivity contribution is 7.92. The Morgan fingerprint density at radius 1 is 1.06 bits per heavy atom. The number of fused-ring (bicyclic) bond motifs is 4. The van der Waals surface area contributed by atoms with Crippen LogP contribution in [0.3, 0.4) is 0 Å². The molecule has 4 heterocycles. The van der Waals surface area contributed by atoms with Gasteiger partial charge in [0.1, 0.15) is 11.4 Å². The summed E-state index contributed by atoms with van der Waals surface area (Å²) in [5, 5.41) is 4.88. The van der Waals surface area contributed by atoms with Crippen LogP contribution in [-0.2, 0) is 22.5 Å². The van der Waals surface area contributed by atoms with E-state index in [0.717, 1.165) is 60.1 Å². The van der Waals surface area contributed by atoms with Gasteiger partial charge in [-0.25, -0.2) is 9.78 Å². The van der Waals surface area contributed by atoms with Crippen molar-refractivity contribution in [2.24, 2.45) is 11.3 Å². The first-order valence-electron chi connectivity index (χ1n) is 17.2. The van der Waals surface area contributed by atoms with Crippen molar-refractivity contribution in [2.75, 3.05) is 31.5 Å². The minimum atomic E-state index is -1.57. The summed E-state index contributed by atoms with van der Waals surface area (Å²) in [6.07, 6.45) is 8.24. The number of hydrogen-bond acceptors (Lipinski definition) is 8. The number of benzene rings is 2. The maximum atomic E-state index is 13.6. The van der Waals surface area contributed by atoms with Gasteiger partial charge in [-0.1, -0.05) is 51.1 Å². The van der Waals surface area contributed by atoms with Gasteiger partial charge in [0.2, 0.25) is 5.88 Å². The first kappa shape index (κ1) is 34.8. The fraction of sp³-hybridized carbons (Fsp3) is 0.474. The first-order valence-corrected chi connectivity index (χ1v) is 18.3. The molecule has 2 aliphatic heterocycles. The lowest BCUT2D eigenvalue weighted by Crippen LogP contribution is -2.39. The summed E-state index contributed by atoms with van der Waals surface area (Å²) in [7, 11) is 1.43. The van der Waals surface area contributed by atoms with Crippen LogP contribution in [0.5, 0.6) is 5.88 Å². The molecule has 0 saturated carbocycles. The van der Waals surface area contributed by atoms with Crippen molar-refractivity contribution in [3.63, 3.8) is 0 Å². The van der Waals surface area contributed by atoms with Crippen molar-refractivity contribution < 1.29 is 18.8 Å². The van der Waals surface area contributed by atoms with Crippen LogP contribution >= 0.6 is 0 Å². The summed E-state index contributed by atoms with van der Waals surface area (Å²) >= 11 is -1.57. The molecule has 1 saturated heterocycles. The van der Waals surface area contributed by atoms with Crippen LogP contribution in [0.4, 0.5) is 10.7 Å². The van der Waals surface area contributed by atoms with Crippen molar-refractivity contribution in [2.45, 2.75) is 83.6 Å². The Hall–Kier alpha value is -4.09. The molecule has 2 aliphatic rings.